The van der Waals surface area contributed by atoms with Gasteiger partial charge in [-0.15, -0.1) is 0 Å². The van der Waals surface area contributed by atoms with E-state index in [9.17, 15) is 4.79 Å². The molecule has 0 spiro atoms. The third kappa shape index (κ3) is 2.26. The molecular formula is C15H18N4O. The van der Waals surface area contributed by atoms with Crippen LogP contribution in [0.5, 0.6) is 0 Å². The highest BCUT2D eigenvalue weighted by Gasteiger charge is 2.27. The van der Waals surface area contributed by atoms with E-state index in [1.54, 1.807) is 6.20 Å². The number of rotatable bonds is 2. The van der Waals surface area contributed by atoms with Gasteiger partial charge in [-0.2, -0.15) is 0 Å². The smallest absolute Gasteiger partial charge is 0.273 e. The van der Waals surface area contributed by atoms with Crippen molar-refractivity contribution in [2.45, 2.75) is 6.04 Å². The molecule has 3 N–H and O–H groups in total. The van der Waals surface area contributed by atoms with Gasteiger partial charge in [0.25, 0.3) is 5.91 Å². The van der Waals surface area contributed by atoms with Gasteiger partial charge in [-0.05, 0) is 11.5 Å². The summed E-state index contributed by atoms with van der Waals surface area (Å²) >= 11 is 0. The van der Waals surface area contributed by atoms with Crippen molar-refractivity contribution in [1.82, 2.24) is 15.2 Å². The maximum Gasteiger partial charge on any atom is 0.273 e. The Hall–Kier alpha value is -1.98. The first-order valence-electron chi connectivity index (χ1n) is 6.87. The van der Waals surface area contributed by atoms with Gasteiger partial charge >= 0.3 is 0 Å². The Balaban J connectivity index is 1.99. The average molecular weight is 270 g/mol. The van der Waals surface area contributed by atoms with Gasteiger partial charge in [0.1, 0.15) is 5.69 Å². The number of hydrogen-bond acceptors (Lipinski definition) is 4. The first kappa shape index (κ1) is 13.0. The zero-order chi connectivity index (χ0) is 13.9. The number of nitrogens with one attached hydrogen (secondary N) is 1. The Morgan fingerprint density at radius 2 is 2.25 bits per heavy atom. The molecule has 1 unspecified atom stereocenters. The zero-order valence-electron chi connectivity index (χ0n) is 11.2. The summed E-state index contributed by atoms with van der Waals surface area (Å²) in [6, 6.07) is 9.78. The van der Waals surface area contributed by atoms with Crippen LogP contribution in [0, 0.1) is 0 Å². The highest BCUT2D eigenvalue weighted by molar-refractivity contribution is 6.05. The van der Waals surface area contributed by atoms with Crippen molar-refractivity contribution in [1.29, 1.82) is 0 Å². The summed E-state index contributed by atoms with van der Waals surface area (Å²) < 4.78 is 0. The monoisotopic (exact) mass is 270 g/mol. The van der Waals surface area contributed by atoms with E-state index in [0.717, 1.165) is 23.9 Å². The van der Waals surface area contributed by atoms with E-state index in [1.807, 2.05) is 35.2 Å². The van der Waals surface area contributed by atoms with Crippen LogP contribution in [0.3, 0.4) is 0 Å². The molecule has 2 aromatic rings. The lowest BCUT2D eigenvalue weighted by atomic mass is 10.1. The second kappa shape index (κ2) is 5.56. The number of nitrogens with two attached hydrogens (primary N) is 1. The van der Waals surface area contributed by atoms with Gasteiger partial charge in [0.15, 0.2) is 0 Å². The van der Waals surface area contributed by atoms with E-state index in [2.05, 4.69) is 10.3 Å². The molecule has 1 amide bonds. The summed E-state index contributed by atoms with van der Waals surface area (Å²) in [5.74, 6) is -0.0289. The summed E-state index contributed by atoms with van der Waals surface area (Å²) in [7, 11) is 0. The molecule has 2 heterocycles. The van der Waals surface area contributed by atoms with Crippen molar-refractivity contribution in [3.8, 4) is 0 Å². The van der Waals surface area contributed by atoms with Crippen LogP contribution in [0.2, 0.25) is 0 Å². The van der Waals surface area contributed by atoms with Gasteiger partial charge < -0.3 is 16.0 Å². The van der Waals surface area contributed by atoms with Crippen molar-refractivity contribution in [3.63, 3.8) is 0 Å². The second-order valence-corrected chi connectivity index (χ2v) is 4.97. The van der Waals surface area contributed by atoms with Crippen molar-refractivity contribution in [2.75, 3.05) is 26.2 Å². The minimum Gasteiger partial charge on any atom is -0.330 e. The summed E-state index contributed by atoms with van der Waals surface area (Å²) in [5.41, 5.74) is 6.28. The normalized spacial score (nSPS) is 19.2. The highest BCUT2D eigenvalue weighted by atomic mass is 16.2. The van der Waals surface area contributed by atoms with E-state index in [-0.39, 0.29) is 11.9 Å². The lowest BCUT2D eigenvalue weighted by Gasteiger charge is -2.35. The molecule has 0 bridgehead atoms. The van der Waals surface area contributed by atoms with Crippen LogP contribution in [-0.2, 0) is 0 Å². The number of pyridine rings is 1. The van der Waals surface area contributed by atoms with Gasteiger partial charge in [-0.3, -0.25) is 9.78 Å². The van der Waals surface area contributed by atoms with Crippen LogP contribution < -0.4 is 11.1 Å². The van der Waals surface area contributed by atoms with Crippen LogP contribution in [0.15, 0.2) is 36.5 Å². The number of nitrogens with zero attached hydrogens (tertiary/aromatic N) is 2. The lowest BCUT2D eigenvalue weighted by Crippen LogP contribution is -2.56. The van der Waals surface area contributed by atoms with Gasteiger partial charge in [0.05, 0.1) is 6.04 Å². The number of benzene rings is 1. The molecule has 1 saturated heterocycles. The Bertz CT molecular complexity index is 623. The molecule has 0 aliphatic carbocycles. The Labute approximate surface area is 117 Å². The Morgan fingerprint density at radius 1 is 1.40 bits per heavy atom. The van der Waals surface area contributed by atoms with E-state index < -0.39 is 0 Å². The van der Waals surface area contributed by atoms with Crippen molar-refractivity contribution < 1.29 is 4.79 Å². The SMILES string of the molecule is NCC1CNCCN1C(=O)c1nccc2ccccc12. The fraction of sp³-hybridized carbons (Fsp3) is 0.333. The molecule has 1 aromatic carbocycles. The Morgan fingerprint density at radius 3 is 3.10 bits per heavy atom. The maximum atomic E-state index is 12.8. The van der Waals surface area contributed by atoms with E-state index >= 15 is 0 Å². The topological polar surface area (TPSA) is 71.2 Å². The summed E-state index contributed by atoms with van der Waals surface area (Å²) in [6.07, 6.45) is 1.69. The van der Waals surface area contributed by atoms with E-state index in [0.29, 0.717) is 18.8 Å². The van der Waals surface area contributed by atoms with Crippen LogP contribution in [0.1, 0.15) is 10.5 Å². The largest absolute Gasteiger partial charge is 0.330 e. The summed E-state index contributed by atoms with van der Waals surface area (Å²) in [6.45, 7) is 2.68. The van der Waals surface area contributed by atoms with Gasteiger partial charge in [0, 0.05) is 37.8 Å². The van der Waals surface area contributed by atoms with Crippen molar-refractivity contribution >= 4 is 16.7 Å². The lowest BCUT2D eigenvalue weighted by molar-refractivity contribution is 0.0641. The number of hydrogen-bond donors (Lipinski definition) is 2. The summed E-state index contributed by atoms with van der Waals surface area (Å²) in [5, 5.41) is 5.20. The molecule has 104 valence electrons. The number of amides is 1. The van der Waals surface area contributed by atoms with Gasteiger partial charge in [0.2, 0.25) is 0 Å². The number of fused-ring (bicyclic) bond motifs is 1. The number of aromatic nitrogens is 1. The van der Waals surface area contributed by atoms with E-state index in [4.69, 9.17) is 5.73 Å². The number of carbonyl (C=O) groups excluding carboxylic acids is 1. The fourth-order valence-corrected chi connectivity index (χ4v) is 2.66. The molecule has 5 heteroatoms. The predicted octanol–water partition coefficient (Wildman–Crippen LogP) is 0.608. The van der Waals surface area contributed by atoms with Crippen LogP contribution in [0.25, 0.3) is 10.8 Å². The molecule has 5 nitrogen and oxygen atoms in total. The first-order valence-corrected chi connectivity index (χ1v) is 6.87. The number of piperazine rings is 1. The molecule has 1 atom stereocenters. The second-order valence-electron chi connectivity index (χ2n) is 4.97. The van der Waals surface area contributed by atoms with Gasteiger partial charge in [-0.1, -0.05) is 24.3 Å². The average Bonchev–Trinajstić information content (AvgIpc) is 2.53. The molecule has 20 heavy (non-hydrogen) atoms. The summed E-state index contributed by atoms with van der Waals surface area (Å²) in [4.78, 5) is 18.9. The van der Waals surface area contributed by atoms with Crippen molar-refractivity contribution in [2.24, 2.45) is 5.73 Å². The third-order valence-corrected chi connectivity index (χ3v) is 3.76. The molecule has 1 aromatic heterocycles. The van der Waals surface area contributed by atoms with Gasteiger partial charge in [-0.25, -0.2) is 0 Å². The zero-order valence-corrected chi connectivity index (χ0v) is 11.2. The first-order chi connectivity index (χ1) is 9.81. The number of carbonyl (C=O) groups is 1. The quantitative estimate of drug-likeness (QED) is 0.838. The standard InChI is InChI=1S/C15H18N4O/c16-9-12-10-17-7-8-19(12)15(20)14-13-4-2-1-3-11(13)5-6-18-14/h1-6,12,17H,7-10,16H2. The molecule has 1 aliphatic heterocycles. The van der Waals surface area contributed by atoms with Crippen LogP contribution in [0.4, 0.5) is 0 Å². The fourth-order valence-electron chi connectivity index (χ4n) is 2.66. The molecule has 1 fully saturated rings. The molecule has 3 rings (SSSR count). The minimum absolute atomic E-state index is 0.0289. The van der Waals surface area contributed by atoms with Crippen LogP contribution >= 0.6 is 0 Å². The molecule has 1 aliphatic rings. The minimum atomic E-state index is -0.0289. The highest BCUT2D eigenvalue weighted by Crippen LogP contribution is 2.19. The maximum absolute atomic E-state index is 12.8. The van der Waals surface area contributed by atoms with Crippen LogP contribution in [-0.4, -0.2) is 48.0 Å². The Kier molecular flexibility index (Phi) is 3.62. The predicted molar refractivity (Wildman–Crippen MR) is 78.5 cm³/mol. The molecular weight excluding hydrogens is 252 g/mol. The molecule has 0 radical (unpaired) electrons. The van der Waals surface area contributed by atoms with E-state index in [1.165, 1.54) is 0 Å². The van der Waals surface area contributed by atoms with Crippen molar-refractivity contribution in [3.05, 3.63) is 42.2 Å². The third-order valence-electron chi connectivity index (χ3n) is 3.76. The molecule has 0 saturated carbocycles.